The predicted octanol–water partition coefficient (Wildman–Crippen LogP) is -1.71. The average Bonchev–Trinajstić information content (AvgIpc) is 2.85. The molecule has 21 heavy (non-hydrogen) atoms. The van der Waals surface area contributed by atoms with Gasteiger partial charge in [-0.1, -0.05) is 0 Å². The third kappa shape index (κ3) is 4.26. The van der Waals surface area contributed by atoms with Gasteiger partial charge in [0.05, 0.1) is 12.7 Å². The number of hydrogen-bond donors (Lipinski definition) is 6. The molecule has 0 bridgehead atoms. The smallest absolute Gasteiger partial charge is 0.338 e. The van der Waals surface area contributed by atoms with Crippen LogP contribution in [0.4, 0.5) is 0 Å². The lowest BCUT2D eigenvalue weighted by Crippen LogP contribution is -2.61. The summed E-state index contributed by atoms with van der Waals surface area (Å²) in [6.07, 6.45) is 1.98. The van der Waals surface area contributed by atoms with Gasteiger partial charge < -0.3 is 30.7 Å². The lowest BCUT2D eigenvalue weighted by molar-refractivity contribution is -0.174. The molecular formula is C11H15N3O7. The van der Waals surface area contributed by atoms with Gasteiger partial charge in [0.1, 0.15) is 6.04 Å². The van der Waals surface area contributed by atoms with Gasteiger partial charge in [0.25, 0.3) is 0 Å². The van der Waals surface area contributed by atoms with E-state index in [2.05, 4.69) is 15.3 Å². The largest absolute Gasteiger partial charge is 0.481 e. The van der Waals surface area contributed by atoms with Crippen LogP contribution in [0.25, 0.3) is 0 Å². The lowest BCUT2D eigenvalue weighted by Gasteiger charge is -2.28. The highest BCUT2D eigenvalue weighted by Gasteiger charge is 2.50. The predicted molar refractivity (Wildman–Crippen MR) is 66.6 cm³/mol. The van der Waals surface area contributed by atoms with Crippen LogP contribution in [0.3, 0.4) is 0 Å². The van der Waals surface area contributed by atoms with Crippen LogP contribution >= 0.6 is 0 Å². The maximum absolute atomic E-state index is 11.1. The number of aliphatic hydroxyl groups is 1. The molecule has 0 aliphatic carbocycles. The Morgan fingerprint density at radius 1 is 1.33 bits per heavy atom. The second kappa shape index (κ2) is 6.81. The Labute approximate surface area is 118 Å². The van der Waals surface area contributed by atoms with E-state index in [0.717, 1.165) is 0 Å². The van der Waals surface area contributed by atoms with Gasteiger partial charge in [-0.25, -0.2) is 9.78 Å². The van der Waals surface area contributed by atoms with Crippen LogP contribution in [-0.4, -0.2) is 66.5 Å². The number of imidazole rings is 1. The maximum atomic E-state index is 11.1. The zero-order valence-electron chi connectivity index (χ0n) is 10.8. The fourth-order valence-electron chi connectivity index (χ4n) is 1.76. The minimum atomic E-state index is -2.95. The molecule has 0 saturated heterocycles. The Hall–Kier alpha value is -2.46. The first-order chi connectivity index (χ1) is 9.77. The Kier molecular flexibility index (Phi) is 5.38. The van der Waals surface area contributed by atoms with Crippen LogP contribution in [0.5, 0.6) is 0 Å². The summed E-state index contributed by atoms with van der Waals surface area (Å²) in [4.78, 5) is 39.3. The molecule has 10 heteroatoms. The second-order valence-electron chi connectivity index (χ2n) is 4.35. The molecule has 1 heterocycles. The number of nitrogens with one attached hydrogen (secondary N) is 2. The highest BCUT2D eigenvalue weighted by atomic mass is 16.4. The molecular weight excluding hydrogens is 286 g/mol. The molecule has 1 rings (SSSR count). The minimum absolute atomic E-state index is 0.00830. The number of H-pyrrole nitrogens is 1. The summed E-state index contributed by atoms with van der Waals surface area (Å²) < 4.78 is 0. The SMILES string of the molecule is O=C(O)CC(O)(C(=O)O)C(NCCc1cnc[nH]1)C(=O)O. The van der Waals surface area contributed by atoms with E-state index in [1.54, 1.807) is 0 Å². The van der Waals surface area contributed by atoms with E-state index in [1.807, 2.05) is 0 Å². The Morgan fingerprint density at radius 3 is 2.43 bits per heavy atom. The van der Waals surface area contributed by atoms with E-state index < -0.39 is 36.0 Å². The molecule has 0 amide bonds. The van der Waals surface area contributed by atoms with Crippen molar-refractivity contribution in [3.63, 3.8) is 0 Å². The number of carboxylic acids is 3. The van der Waals surface area contributed by atoms with Crippen molar-refractivity contribution >= 4 is 17.9 Å². The molecule has 0 spiro atoms. The van der Waals surface area contributed by atoms with Crippen molar-refractivity contribution in [2.24, 2.45) is 0 Å². The summed E-state index contributed by atoms with van der Waals surface area (Å²) in [6, 6.07) is -1.96. The van der Waals surface area contributed by atoms with Crippen LogP contribution in [0, 0.1) is 0 Å². The summed E-state index contributed by atoms with van der Waals surface area (Å²) in [5, 5.41) is 38.9. The van der Waals surface area contributed by atoms with Gasteiger partial charge in [-0.2, -0.15) is 0 Å². The fraction of sp³-hybridized carbons (Fsp3) is 0.455. The lowest BCUT2D eigenvalue weighted by atomic mass is 9.90. The van der Waals surface area contributed by atoms with Crippen LogP contribution in [0.2, 0.25) is 0 Å². The molecule has 6 N–H and O–H groups in total. The molecule has 0 aliphatic rings. The number of hydrogen-bond acceptors (Lipinski definition) is 6. The van der Waals surface area contributed by atoms with E-state index in [4.69, 9.17) is 15.3 Å². The number of nitrogens with zero attached hydrogens (tertiary/aromatic N) is 1. The van der Waals surface area contributed by atoms with Crippen LogP contribution in [0.15, 0.2) is 12.5 Å². The van der Waals surface area contributed by atoms with Crippen molar-refractivity contribution in [3.8, 4) is 0 Å². The number of rotatable bonds is 9. The first-order valence-electron chi connectivity index (χ1n) is 5.88. The van der Waals surface area contributed by atoms with Gasteiger partial charge in [0.2, 0.25) is 0 Å². The number of carbonyl (C=O) groups is 3. The zero-order chi connectivity index (χ0) is 16.0. The van der Waals surface area contributed by atoms with E-state index >= 15 is 0 Å². The van der Waals surface area contributed by atoms with E-state index in [9.17, 15) is 19.5 Å². The molecule has 1 aromatic heterocycles. The normalized spacial score (nSPS) is 15.1. The zero-order valence-corrected chi connectivity index (χ0v) is 10.8. The second-order valence-corrected chi connectivity index (χ2v) is 4.35. The number of aromatic nitrogens is 2. The quantitative estimate of drug-likeness (QED) is 0.310. The van der Waals surface area contributed by atoms with Crippen molar-refractivity contribution in [1.82, 2.24) is 15.3 Å². The number of aliphatic carboxylic acids is 3. The molecule has 1 aromatic rings. The summed E-state index contributed by atoms with van der Waals surface area (Å²) >= 11 is 0. The van der Waals surface area contributed by atoms with Crippen molar-refractivity contribution < 1.29 is 34.8 Å². The molecule has 2 atom stereocenters. The number of carboxylic acid groups (broad SMARTS) is 3. The first kappa shape index (κ1) is 16.6. The molecule has 0 radical (unpaired) electrons. The Morgan fingerprint density at radius 2 is 2.00 bits per heavy atom. The summed E-state index contributed by atoms with van der Waals surface area (Å²) in [5.74, 6) is -5.21. The molecule has 10 nitrogen and oxygen atoms in total. The van der Waals surface area contributed by atoms with Gasteiger partial charge in [-0.05, 0) is 0 Å². The summed E-state index contributed by atoms with van der Waals surface area (Å²) in [5.41, 5.74) is -2.28. The highest BCUT2D eigenvalue weighted by molar-refractivity contribution is 5.91. The monoisotopic (exact) mass is 301 g/mol. The molecule has 0 aromatic carbocycles. The van der Waals surface area contributed by atoms with Crippen molar-refractivity contribution in [2.75, 3.05) is 6.54 Å². The van der Waals surface area contributed by atoms with E-state index in [0.29, 0.717) is 12.1 Å². The van der Waals surface area contributed by atoms with Gasteiger partial charge in [-0.3, -0.25) is 9.59 Å². The maximum Gasteiger partial charge on any atom is 0.338 e. The fourth-order valence-corrected chi connectivity index (χ4v) is 1.76. The van der Waals surface area contributed by atoms with Crippen LogP contribution < -0.4 is 5.32 Å². The van der Waals surface area contributed by atoms with Crippen molar-refractivity contribution in [3.05, 3.63) is 18.2 Å². The van der Waals surface area contributed by atoms with Gasteiger partial charge in [-0.15, -0.1) is 0 Å². The highest BCUT2D eigenvalue weighted by Crippen LogP contribution is 2.17. The first-order valence-corrected chi connectivity index (χ1v) is 5.88. The third-order valence-electron chi connectivity index (χ3n) is 2.81. The minimum Gasteiger partial charge on any atom is -0.481 e. The molecule has 2 unspecified atom stereocenters. The molecule has 0 aliphatic heterocycles. The standard InChI is InChI=1S/C11H15N3O7/c15-7(16)3-11(21,10(19)20)8(9(17)18)13-2-1-6-4-12-5-14-6/h4-5,8,13,21H,1-3H2,(H,12,14)(H,15,16)(H,17,18)(H,19,20). The van der Waals surface area contributed by atoms with Crippen molar-refractivity contribution in [2.45, 2.75) is 24.5 Å². The van der Waals surface area contributed by atoms with Gasteiger partial charge in [0, 0.05) is 24.9 Å². The molecule has 0 saturated carbocycles. The summed E-state index contributed by atoms with van der Waals surface area (Å²) in [7, 11) is 0. The van der Waals surface area contributed by atoms with E-state index in [-0.39, 0.29) is 6.54 Å². The Bertz CT molecular complexity index is 516. The summed E-state index contributed by atoms with van der Waals surface area (Å²) in [6.45, 7) is 0.00830. The average molecular weight is 301 g/mol. The Balaban J connectivity index is 2.79. The third-order valence-corrected chi connectivity index (χ3v) is 2.81. The van der Waals surface area contributed by atoms with Gasteiger partial charge >= 0.3 is 17.9 Å². The van der Waals surface area contributed by atoms with Gasteiger partial charge in [0.15, 0.2) is 5.60 Å². The van der Waals surface area contributed by atoms with Crippen LogP contribution in [-0.2, 0) is 20.8 Å². The molecule has 116 valence electrons. The van der Waals surface area contributed by atoms with Crippen LogP contribution in [0.1, 0.15) is 12.1 Å². The van der Waals surface area contributed by atoms with E-state index in [1.165, 1.54) is 12.5 Å². The topological polar surface area (TPSA) is 173 Å². The number of aromatic amines is 1. The molecule has 0 fully saturated rings. The van der Waals surface area contributed by atoms with Crippen molar-refractivity contribution in [1.29, 1.82) is 0 Å².